The molecular formula is C15H22N2O2. The van der Waals surface area contributed by atoms with Crippen LogP contribution in [0, 0.1) is 0 Å². The van der Waals surface area contributed by atoms with Crippen LogP contribution in [-0.4, -0.2) is 30.5 Å². The minimum Gasteiger partial charge on any atom is -0.496 e. The van der Waals surface area contributed by atoms with Gasteiger partial charge in [0.2, 0.25) is 5.91 Å². The maximum absolute atomic E-state index is 12.2. The molecular weight excluding hydrogens is 240 g/mol. The zero-order valence-corrected chi connectivity index (χ0v) is 11.7. The molecule has 19 heavy (non-hydrogen) atoms. The minimum atomic E-state index is -0.258. The molecule has 0 unspecified atom stereocenters. The lowest BCUT2D eigenvalue weighted by Crippen LogP contribution is -2.50. The Hall–Kier alpha value is -1.55. The van der Waals surface area contributed by atoms with E-state index in [4.69, 9.17) is 10.5 Å². The van der Waals surface area contributed by atoms with E-state index in [2.05, 4.69) is 0 Å². The van der Waals surface area contributed by atoms with Crippen LogP contribution in [0.15, 0.2) is 24.3 Å². The molecule has 0 radical (unpaired) electrons. The predicted octanol–water partition coefficient (Wildman–Crippen LogP) is 1.93. The van der Waals surface area contributed by atoms with Crippen molar-refractivity contribution in [3.05, 3.63) is 29.8 Å². The molecule has 1 aromatic rings. The first-order valence-electron chi connectivity index (χ1n) is 6.69. The average Bonchev–Trinajstić information content (AvgIpc) is 2.37. The van der Waals surface area contributed by atoms with E-state index in [1.165, 1.54) is 0 Å². The first-order chi connectivity index (χ1) is 9.04. The van der Waals surface area contributed by atoms with Gasteiger partial charge in [-0.05, 0) is 25.3 Å². The molecule has 4 nitrogen and oxygen atoms in total. The number of carbonyl (C=O) groups is 1. The SMILES string of the molecule is COc1ccccc1CN(C)C(=O)CC1(N)CCC1. The molecule has 2 N–H and O–H groups in total. The molecule has 4 heteroatoms. The van der Waals surface area contributed by atoms with Crippen LogP contribution in [0.4, 0.5) is 0 Å². The lowest BCUT2D eigenvalue weighted by atomic mass is 9.75. The number of nitrogens with two attached hydrogens (primary N) is 1. The summed E-state index contributed by atoms with van der Waals surface area (Å²) in [5.74, 6) is 0.918. The van der Waals surface area contributed by atoms with E-state index in [-0.39, 0.29) is 11.4 Å². The second-order valence-electron chi connectivity index (χ2n) is 5.45. The maximum Gasteiger partial charge on any atom is 0.224 e. The van der Waals surface area contributed by atoms with Crippen LogP contribution in [-0.2, 0) is 11.3 Å². The van der Waals surface area contributed by atoms with Gasteiger partial charge in [-0.1, -0.05) is 18.2 Å². The average molecular weight is 262 g/mol. The molecule has 104 valence electrons. The highest BCUT2D eigenvalue weighted by Crippen LogP contribution is 2.32. The van der Waals surface area contributed by atoms with Gasteiger partial charge in [0.25, 0.3) is 0 Å². The van der Waals surface area contributed by atoms with Gasteiger partial charge in [-0.25, -0.2) is 0 Å². The largest absolute Gasteiger partial charge is 0.496 e. The Morgan fingerprint density at radius 3 is 2.68 bits per heavy atom. The molecule has 1 aliphatic rings. The Labute approximate surface area is 114 Å². The summed E-state index contributed by atoms with van der Waals surface area (Å²) in [6.07, 6.45) is 3.50. The van der Waals surface area contributed by atoms with Crippen molar-refractivity contribution in [2.45, 2.75) is 37.8 Å². The van der Waals surface area contributed by atoms with Gasteiger partial charge < -0.3 is 15.4 Å². The smallest absolute Gasteiger partial charge is 0.224 e. The lowest BCUT2D eigenvalue weighted by molar-refractivity contribution is -0.132. The molecule has 0 aromatic heterocycles. The quantitative estimate of drug-likeness (QED) is 0.882. The Kier molecular flexibility index (Phi) is 4.10. The number of rotatable bonds is 5. The van der Waals surface area contributed by atoms with Gasteiger partial charge in [-0.3, -0.25) is 4.79 Å². The molecule has 0 spiro atoms. The maximum atomic E-state index is 12.2. The predicted molar refractivity (Wildman–Crippen MR) is 74.9 cm³/mol. The van der Waals surface area contributed by atoms with Crippen LogP contribution >= 0.6 is 0 Å². The summed E-state index contributed by atoms with van der Waals surface area (Å²) < 4.78 is 5.30. The summed E-state index contributed by atoms with van der Waals surface area (Å²) in [6, 6.07) is 7.76. The summed E-state index contributed by atoms with van der Waals surface area (Å²) in [7, 11) is 3.46. The Bertz CT molecular complexity index is 455. The standard InChI is InChI=1S/C15H22N2O2/c1-17(14(18)10-15(16)8-5-9-15)11-12-6-3-4-7-13(12)19-2/h3-4,6-7H,5,8-11,16H2,1-2H3. The molecule has 1 fully saturated rings. The minimum absolute atomic E-state index is 0.105. The summed E-state index contributed by atoms with van der Waals surface area (Å²) in [6.45, 7) is 0.554. The van der Waals surface area contributed by atoms with E-state index in [9.17, 15) is 4.79 Å². The summed E-state index contributed by atoms with van der Waals surface area (Å²) >= 11 is 0. The number of amides is 1. The number of hydrogen-bond donors (Lipinski definition) is 1. The van der Waals surface area contributed by atoms with Gasteiger partial charge in [-0.15, -0.1) is 0 Å². The number of methoxy groups -OCH3 is 1. The molecule has 0 saturated heterocycles. The number of hydrogen-bond acceptors (Lipinski definition) is 3. The van der Waals surface area contributed by atoms with Gasteiger partial charge in [0, 0.05) is 31.1 Å². The third-order valence-electron chi connectivity index (χ3n) is 3.88. The van der Waals surface area contributed by atoms with Gasteiger partial charge in [0.1, 0.15) is 5.75 Å². The first kappa shape index (κ1) is 13.9. The van der Waals surface area contributed by atoms with E-state index >= 15 is 0 Å². The fourth-order valence-electron chi connectivity index (χ4n) is 2.42. The van der Waals surface area contributed by atoms with E-state index in [0.717, 1.165) is 30.6 Å². The lowest BCUT2D eigenvalue weighted by Gasteiger charge is -2.38. The summed E-state index contributed by atoms with van der Waals surface area (Å²) in [5, 5.41) is 0. The number of para-hydroxylation sites is 1. The van der Waals surface area contributed by atoms with Gasteiger partial charge in [0.15, 0.2) is 0 Å². The highest BCUT2D eigenvalue weighted by molar-refractivity contribution is 5.77. The third kappa shape index (κ3) is 3.26. The fourth-order valence-corrected chi connectivity index (χ4v) is 2.42. The van der Waals surface area contributed by atoms with Crippen LogP contribution < -0.4 is 10.5 Å². The van der Waals surface area contributed by atoms with Crippen molar-refractivity contribution < 1.29 is 9.53 Å². The zero-order valence-electron chi connectivity index (χ0n) is 11.7. The second-order valence-corrected chi connectivity index (χ2v) is 5.45. The van der Waals surface area contributed by atoms with Crippen LogP contribution in [0.3, 0.4) is 0 Å². The Morgan fingerprint density at radius 1 is 1.42 bits per heavy atom. The summed E-state index contributed by atoms with van der Waals surface area (Å²) in [5.41, 5.74) is 6.88. The van der Waals surface area contributed by atoms with Gasteiger partial charge >= 0.3 is 0 Å². The van der Waals surface area contributed by atoms with Crippen LogP contribution in [0.1, 0.15) is 31.2 Å². The zero-order chi connectivity index (χ0) is 13.9. The molecule has 1 aliphatic carbocycles. The highest BCUT2D eigenvalue weighted by Gasteiger charge is 2.35. The summed E-state index contributed by atoms with van der Waals surface area (Å²) in [4.78, 5) is 13.9. The van der Waals surface area contributed by atoms with E-state index in [1.807, 2.05) is 31.3 Å². The molecule has 1 amide bonds. The molecule has 2 rings (SSSR count). The van der Waals surface area contributed by atoms with Crippen molar-refractivity contribution in [2.75, 3.05) is 14.2 Å². The van der Waals surface area contributed by atoms with E-state index < -0.39 is 0 Å². The number of ether oxygens (including phenoxy) is 1. The van der Waals surface area contributed by atoms with Gasteiger partial charge in [-0.2, -0.15) is 0 Å². The van der Waals surface area contributed by atoms with E-state index in [0.29, 0.717) is 13.0 Å². The van der Waals surface area contributed by atoms with Crippen molar-refractivity contribution in [1.82, 2.24) is 4.90 Å². The number of nitrogens with zero attached hydrogens (tertiary/aromatic N) is 1. The normalized spacial score (nSPS) is 16.6. The fraction of sp³-hybridized carbons (Fsp3) is 0.533. The number of carbonyl (C=O) groups excluding carboxylic acids is 1. The van der Waals surface area contributed by atoms with Crippen molar-refractivity contribution in [3.8, 4) is 5.75 Å². The van der Waals surface area contributed by atoms with Gasteiger partial charge in [0.05, 0.1) is 7.11 Å². The van der Waals surface area contributed by atoms with Crippen molar-refractivity contribution in [2.24, 2.45) is 5.73 Å². The third-order valence-corrected chi connectivity index (χ3v) is 3.88. The molecule has 0 heterocycles. The van der Waals surface area contributed by atoms with Crippen molar-refractivity contribution in [3.63, 3.8) is 0 Å². The highest BCUT2D eigenvalue weighted by atomic mass is 16.5. The first-order valence-corrected chi connectivity index (χ1v) is 6.69. The van der Waals surface area contributed by atoms with Crippen LogP contribution in [0.2, 0.25) is 0 Å². The molecule has 0 bridgehead atoms. The number of benzene rings is 1. The topological polar surface area (TPSA) is 55.6 Å². The second kappa shape index (κ2) is 5.61. The molecule has 0 aliphatic heterocycles. The molecule has 0 atom stereocenters. The Balaban J connectivity index is 1.96. The molecule has 1 saturated carbocycles. The monoisotopic (exact) mass is 262 g/mol. The van der Waals surface area contributed by atoms with Crippen LogP contribution in [0.25, 0.3) is 0 Å². The van der Waals surface area contributed by atoms with Crippen molar-refractivity contribution >= 4 is 5.91 Å². The Morgan fingerprint density at radius 2 is 2.11 bits per heavy atom. The van der Waals surface area contributed by atoms with Crippen molar-refractivity contribution in [1.29, 1.82) is 0 Å². The van der Waals surface area contributed by atoms with Crippen LogP contribution in [0.5, 0.6) is 5.75 Å². The molecule has 1 aromatic carbocycles. The van der Waals surface area contributed by atoms with E-state index in [1.54, 1.807) is 12.0 Å².